The largest absolute Gasteiger partial charge is 0.467 e. The lowest BCUT2D eigenvalue weighted by Crippen LogP contribution is -2.27. The van der Waals surface area contributed by atoms with Gasteiger partial charge in [0.2, 0.25) is 0 Å². The number of aromatic nitrogens is 1. The molecular weight excluding hydrogens is 216 g/mol. The van der Waals surface area contributed by atoms with E-state index >= 15 is 0 Å². The quantitative estimate of drug-likeness (QED) is 0.821. The summed E-state index contributed by atoms with van der Waals surface area (Å²) in [6.45, 7) is 1.74. The number of fused-ring (bicyclic) bond motifs is 1. The molecule has 4 heteroatoms. The minimum absolute atomic E-state index is 0.306. The van der Waals surface area contributed by atoms with Crippen LogP contribution in [0.4, 0.5) is 5.82 Å². The smallest absolute Gasteiger partial charge is 0.328 e. The fourth-order valence-electron chi connectivity index (χ4n) is 1.60. The molecule has 0 saturated carbocycles. The number of carbonyl (C=O) groups excluding carboxylic acids is 1. The van der Waals surface area contributed by atoms with E-state index in [2.05, 4.69) is 15.0 Å². The molecule has 4 nitrogen and oxygen atoms in total. The van der Waals surface area contributed by atoms with Crippen LogP contribution in [-0.4, -0.2) is 24.1 Å². The molecule has 0 saturated heterocycles. The standard InChI is InChI=1S/C13H14N2O2/c1-9(13(16)17-2)14-12-8-7-10-5-3-4-6-11(10)15-12/h3-9H,1-2H3,(H,14,15). The van der Waals surface area contributed by atoms with Crippen molar-refractivity contribution in [2.45, 2.75) is 13.0 Å². The third kappa shape index (κ3) is 2.53. The topological polar surface area (TPSA) is 51.2 Å². The summed E-state index contributed by atoms with van der Waals surface area (Å²) < 4.78 is 4.64. The molecule has 0 fully saturated rings. The number of pyridine rings is 1. The molecule has 1 atom stereocenters. The van der Waals surface area contributed by atoms with Crippen LogP contribution in [0.1, 0.15) is 6.92 Å². The maximum Gasteiger partial charge on any atom is 0.328 e. The number of carbonyl (C=O) groups is 1. The summed E-state index contributed by atoms with van der Waals surface area (Å²) >= 11 is 0. The van der Waals surface area contributed by atoms with Crippen LogP contribution in [0, 0.1) is 0 Å². The molecule has 0 amide bonds. The molecule has 88 valence electrons. The number of esters is 1. The summed E-state index contributed by atoms with van der Waals surface area (Å²) in [5, 5.41) is 4.07. The van der Waals surface area contributed by atoms with Gasteiger partial charge in [-0.2, -0.15) is 0 Å². The molecule has 1 N–H and O–H groups in total. The highest BCUT2D eigenvalue weighted by Crippen LogP contribution is 2.15. The minimum atomic E-state index is -0.409. The minimum Gasteiger partial charge on any atom is -0.467 e. The zero-order chi connectivity index (χ0) is 12.3. The Balaban J connectivity index is 2.22. The van der Waals surface area contributed by atoms with Gasteiger partial charge < -0.3 is 10.1 Å². The van der Waals surface area contributed by atoms with Crippen LogP contribution in [0.5, 0.6) is 0 Å². The predicted molar refractivity (Wildman–Crippen MR) is 66.8 cm³/mol. The second-order valence-electron chi connectivity index (χ2n) is 3.78. The maximum absolute atomic E-state index is 11.3. The van der Waals surface area contributed by atoms with Crippen molar-refractivity contribution in [2.24, 2.45) is 0 Å². The number of methoxy groups -OCH3 is 1. The van der Waals surface area contributed by atoms with Crippen molar-refractivity contribution in [1.29, 1.82) is 0 Å². The summed E-state index contributed by atoms with van der Waals surface area (Å²) in [6, 6.07) is 11.2. The highest BCUT2D eigenvalue weighted by atomic mass is 16.5. The van der Waals surface area contributed by atoms with Crippen molar-refractivity contribution in [3.63, 3.8) is 0 Å². The Kier molecular flexibility index (Phi) is 3.23. The van der Waals surface area contributed by atoms with Crippen molar-refractivity contribution in [3.8, 4) is 0 Å². The van der Waals surface area contributed by atoms with Gasteiger partial charge in [-0.1, -0.05) is 18.2 Å². The van der Waals surface area contributed by atoms with E-state index in [1.807, 2.05) is 36.4 Å². The first-order valence-corrected chi connectivity index (χ1v) is 5.41. The van der Waals surface area contributed by atoms with Gasteiger partial charge in [-0.05, 0) is 25.1 Å². The van der Waals surface area contributed by atoms with Gasteiger partial charge in [0.15, 0.2) is 0 Å². The van der Waals surface area contributed by atoms with E-state index in [1.54, 1.807) is 6.92 Å². The number of anilines is 1. The molecule has 0 radical (unpaired) electrons. The van der Waals surface area contributed by atoms with E-state index in [0.29, 0.717) is 5.82 Å². The zero-order valence-corrected chi connectivity index (χ0v) is 9.81. The fourth-order valence-corrected chi connectivity index (χ4v) is 1.60. The van der Waals surface area contributed by atoms with Crippen LogP contribution in [0.25, 0.3) is 10.9 Å². The molecule has 2 aromatic rings. The second kappa shape index (κ2) is 4.82. The predicted octanol–water partition coefficient (Wildman–Crippen LogP) is 2.21. The highest BCUT2D eigenvalue weighted by Gasteiger charge is 2.12. The SMILES string of the molecule is COC(=O)C(C)Nc1ccc2ccccc2n1. The summed E-state index contributed by atoms with van der Waals surface area (Å²) in [7, 11) is 1.37. The molecule has 1 aromatic heterocycles. The van der Waals surface area contributed by atoms with Gasteiger partial charge in [-0.15, -0.1) is 0 Å². The lowest BCUT2D eigenvalue weighted by molar-refractivity contribution is -0.141. The number of ether oxygens (including phenoxy) is 1. The molecule has 1 unspecified atom stereocenters. The Morgan fingerprint density at radius 3 is 2.82 bits per heavy atom. The number of rotatable bonds is 3. The Hall–Kier alpha value is -2.10. The highest BCUT2D eigenvalue weighted by molar-refractivity contribution is 5.82. The molecule has 17 heavy (non-hydrogen) atoms. The maximum atomic E-state index is 11.3. The van der Waals surface area contributed by atoms with Crippen molar-refractivity contribution in [2.75, 3.05) is 12.4 Å². The molecule has 1 aromatic carbocycles. The van der Waals surface area contributed by atoms with Crippen LogP contribution in [0.2, 0.25) is 0 Å². The fraction of sp³-hybridized carbons (Fsp3) is 0.231. The number of nitrogens with one attached hydrogen (secondary N) is 1. The van der Waals surface area contributed by atoms with Crippen molar-refractivity contribution >= 4 is 22.7 Å². The molecular formula is C13H14N2O2. The monoisotopic (exact) mass is 230 g/mol. The Bertz CT molecular complexity index is 540. The Morgan fingerprint density at radius 2 is 2.06 bits per heavy atom. The van der Waals surface area contributed by atoms with Crippen molar-refractivity contribution < 1.29 is 9.53 Å². The number of benzene rings is 1. The third-order valence-corrected chi connectivity index (χ3v) is 2.52. The van der Waals surface area contributed by atoms with Gasteiger partial charge in [-0.25, -0.2) is 9.78 Å². The number of nitrogens with zero attached hydrogens (tertiary/aromatic N) is 1. The Labute approximate surface area is 99.6 Å². The van der Waals surface area contributed by atoms with Crippen LogP contribution in [0.3, 0.4) is 0 Å². The summed E-state index contributed by atoms with van der Waals surface area (Å²) in [5.74, 6) is 0.363. The van der Waals surface area contributed by atoms with Gasteiger partial charge in [0.05, 0.1) is 12.6 Å². The van der Waals surface area contributed by atoms with Crippen molar-refractivity contribution in [1.82, 2.24) is 4.98 Å². The van der Waals surface area contributed by atoms with Crippen LogP contribution < -0.4 is 5.32 Å². The van der Waals surface area contributed by atoms with E-state index in [9.17, 15) is 4.79 Å². The lowest BCUT2D eigenvalue weighted by Gasteiger charge is -2.12. The molecule has 0 aliphatic carbocycles. The average molecular weight is 230 g/mol. The van der Waals surface area contributed by atoms with E-state index in [-0.39, 0.29) is 5.97 Å². The molecule has 0 aliphatic heterocycles. The summed E-state index contributed by atoms with van der Waals surface area (Å²) in [5.41, 5.74) is 0.898. The van der Waals surface area contributed by atoms with Gasteiger partial charge >= 0.3 is 5.97 Å². The van der Waals surface area contributed by atoms with Gasteiger partial charge in [-0.3, -0.25) is 0 Å². The van der Waals surface area contributed by atoms with Gasteiger partial charge in [0.25, 0.3) is 0 Å². The first-order valence-electron chi connectivity index (χ1n) is 5.41. The number of hydrogen-bond donors (Lipinski definition) is 1. The summed E-state index contributed by atoms with van der Waals surface area (Å²) in [6.07, 6.45) is 0. The van der Waals surface area contributed by atoms with Crippen molar-refractivity contribution in [3.05, 3.63) is 36.4 Å². The zero-order valence-electron chi connectivity index (χ0n) is 9.81. The van der Waals surface area contributed by atoms with Crippen LogP contribution >= 0.6 is 0 Å². The molecule has 2 rings (SSSR count). The summed E-state index contributed by atoms with van der Waals surface area (Å²) in [4.78, 5) is 15.7. The van der Waals surface area contributed by atoms with Crippen LogP contribution in [0.15, 0.2) is 36.4 Å². The van der Waals surface area contributed by atoms with E-state index in [0.717, 1.165) is 10.9 Å². The normalized spacial score (nSPS) is 12.1. The third-order valence-electron chi connectivity index (χ3n) is 2.52. The first kappa shape index (κ1) is 11.4. The number of hydrogen-bond acceptors (Lipinski definition) is 4. The van der Waals surface area contributed by atoms with E-state index in [4.69, 9.17) is 0 Å². The first-order chi connectivity index (χ1) is 8.20. The molecule has 0 aliphatic rings. The molecule has 1 heterocycles. The van der Waals surface area contributed by atoms with E-state index < -0.39 is 6.04 Å². The molecule has 0 spiro atoms. The number of para-hydroxylation sites is 1. The van der Waals surface area contributed by atoms with E-state index in [1.165, 1.54) is 7.11 Å². The average Bonchev–Trinajstić information content (AvgIpc) is 2.37. The molecule has 0 bridgehead atoms. The van der Waals surface area contributed by atoms with Crippen LogP contribution in [-0.2, 0) is 9.53 Å². The second-order valence-corrected chi connectivity index (χ2v) is 3.78. The van der Waals surface area contributed by atoms with Gasteiger partial charge in [0.1, 0.15) is 11.9 Å². The van der Waals surface area contributed by atoms with Gasteiger partial charge in [0, 0.05) is 5.39 Å². The lowest BCUT2D eigenvalue weighted by atomic mass is 10.2. The Morgan fingerprint density at radius 1 is 1.29 bits per heavy atom.